The number of azo groups is 2. The van der Waals surface area contributed by atoms with Gasteiger partial charge in [0.25, 0.3) is 23.6 Å². The minimum absolute atomic E-state index is 0.0114. The highest BCUT2D eigenvalue weighted by Crippen LogP contribution is 2.34. The fourth-order valence-electron chi connectivity index (χ4n) is 6.52. The highest BCUT2D eigenvalue weighted by molar-refractivity contribution is 6.37. The van der Waals surface area contributed by atoms with E-state index in [-0.39, 0.29) is 43.9 Å². The lowest BCUT2D eigenvalue weighted by atomic mass is 10.1. The Labute approximate surface area is 422 Å². The number of anilines is 4. The summed E-state index contributed by atoms with van der Waals surface area (Å²) in [5.74, 6) is -2.42. The van der Waals surface area contributed by atoms with Crippen LogP contribution in [0.4, 0.5) is 34.1 Å². The molecule has 0 radical (unpaired) electrons. The van der Waals surface area contributed by atoms with Crippen molar-refractivity contribution >= 4 is 127 Å². The number of nitrogens with zero attached hydrogens (tertiary/aromatic N) is 4. The van der Waals surface area contributed by atoms with Crippen molar-refractivity contribution in [2.24, 2.45) is 20.5 Å². The van der Waals surface area contributed by atoms with E-state index in [9.17, 15) is 28.8 Å². The summed E-state index contributed by atoms with van der Waals surface area (Å²) in [5, 5.41) is 26.0. The van der Waals surface area contributed by atoms with Crippen LogP contribution in [0.3, 0.4) is 0 Å². The molecule has 0 aliphatic rings. The molecule has 5 aromatic rings. The zero-order chi connectivity index (χ0) is 50.4. The van der Waals surface area contributed by atoms with Gasteiger partial charge in [-0.1, -0.05) is 35.3 Å². The van der Waals surface area contributed by atoms with E-state index in [1.54, 1.807) is 43.3 Å². The van der Waals surface area contributed by atoms with Crippen molar-refractivity contribution in [2.45, 2.75) is 51.1 Å². The summed E-state index contributed by atoms with van der Waals surface area (Å²) >= 11 is 31.5. The summed E-state index contributed by atoms with van der Waals surface area (Å²) in [6, 6.07) is 20.3. The van der Waals surface area contributed by atoms with Crippen LogP contribution >= 0.6 is 58.0 Å². The lowest BCUT2D eigenvalue weighted by Crippen LogP contribution is -2.32. The van der Waals surface area contributed by atoms with E-state index >= 15 is 0 Å². The van der Waals surface area contributed by atoms with Gasteiger partial charge in [-0.3, -0.25) is 28.8 Å². The van der Waals surface area contributed by atoms with Crippen molar-refractivity contribution in [2.75, 3.05) is 47.2 Å². The Bertz CT molecular complexity index is 2820. The Balaban J connectivity index is 1.28. The number of alkyl halides is 3. The molecule has 0 aromatic heterocycles. The number of nitrogens with one attached hydrogen (secondary N) is 4. The molecule has 0 aliphatic heterocycles. The van der Waals surface area contributed by atoms with Gasteiger partial charge in [0.1, 0.15) is 22.9 Å². The van der Waals surface area contributed by atoms with Crippen LogP contribution in [0.5, 0.6) is 11.5 Å². The second-order valence-electron chi connectivity index (χ2n) is 15.1. The van der Waals surface area contributed by atoms with Crippen molar-refractivity contribution in [1.29, 1.82) is 0 Å². The number of carbonyl (C=O) groups excluding carboxylic acids is 6. The smallest absolute Gasteiger partial charge is 0.258 e. The van der Waals surface area contributed by atoms with Crippen LogP contribution < -0.4 is 30.7 Å². The number of methoxy groups -OCH3 is 2. The number of amides is 4. The fraction of sp³-hybridized carbons (Fsp3) is 0.250. The quantitative estimate of drug-likeness (QED) is 0.0314. The van der Waals surface area contributed by atoms with E-state index in [1.807, 2.05) is 0 Å². The molecule has 16 nitrogen and oxygen atoms in total. The number of benzene rings is 5. The third-order valence-corrected chi connectivity index (χ3v) is 11.4. The largest absolute Gasteiger partial charge is 0.497 e. The molecule has 0 heterocycles. The predicted octanol–water partition coefficient (Wildman–Crippen LogP) is 11.7. The van der Waals surface area contributed by atoms with Crippen molar-refractivity contribution in [3.8, 4) is 11.5 Å². The highest BCUT2D eigenvalue weighted by Gasteiger charge is 2.27. The lowest BCUT2D eigenvalue weighted by Gasteiger charge is -2.17. The SMILES string of the molecule is COc1cc(CCCl)cc(NC(=O)c2cccc(N=NC(C(C)=O)C(=O)Nc3ccc(NC(=O)C(N=Nc4cccc(C(=O)Nc5cc(CCCl)cc(OC)c5)c4Cl)C(C)=O)c(C(C)Cl)c3)c2Cl)c1. The Kier molecular flexibility index (Phi) is 19.6. The summed E-state index contributed by atoms with van der Waals surface area (Å²) in [7, 11) is 3.00. The van der Waals surface area contributed by atoms with Gasteiger partial charge in [-0.25, -0.2) is 0 Å². The molecule has 0 saturated carbocycles. The second-order valence-corrected chi connectivity index (χ2v) is 17.2. The molecule has 21 heteroatoms. The molecule has 4 amide bonds. The molecular weight excluding hydrogens is 994 g/mol. The molecule has 5 rings (SSSR count). The number of ether oxygens (including phenoxy) is 2. The molecule has 0 saturated heterocycles. The van der Waals surface area contributed by atoms with Crippen LogP contribution in [0, 0.1) is 0 Å². The van der Waals surface area contributed by atoms with Crippen LogP contribution in [0.25, 0.3) is 0 Å². The monoisotopic (exact) mass is 1040 g/mol. The Hall–Kier alpha value is -6.43. The first-order valence-electron chi connectivity index (χ1n) is 20.9. The summed E-state index contributed by atoms with van der Waals surface area (Å²) in [6.45, 7) is 3.91. The molecule has 0 spiro atoms. The number of hydrogen-bond donors (Lipinski definition) is 4. The fourth-order valence-corrected chi connectivity index (χ4v) is 7.64. The maximum Gasteiger partial charge on any atom is 0.258 e. The number of aryl methyl sites for hydroxylation is 2. The summed E-state index contributed by atoms with van der Waals surface area (Å²) < 4.78 is 10.7. The molecule has 3 atom stereocenters. The van der Waals surface area contributed by atoms with Crippen molar-refractivity contribution in [3.63, 3.8) is 0 Å². The topological polar surface area (TPSA) is 218 Å². The van der Waals surface area contributed by atoms with Crippen LogP contribution in [-0.4, -0.2) is 73.3 Å². The Morgan fingerprint density at radius 2 is 1.03 bits per heavy atom. The minimum Gasteiger partial charge on any atom is -0.497 e. The van der Waals surface area contributed by atoms with E-state index in [0.717, 1.165) is 25.0 Å². The molecule has 5 aromatic carbocycles. The van der Waals surface area contributed by atoms with Crippen LogP contribution in [-0.2, 0) is 32.0 Å². The summed E-state index contributed by atoms with van der Waals surface area (Å²) in [4.78, 5) is 79.1. The zero-order valence-electron chi connectivity index (χ0n) is 37.7. The lowest BCUT2D eigenvalue weighted by molar-refractivity contribution is -0.127. The molecule has 0 aliphatic carbocycles. The predicted molar refractivity (Wildman–Crippen MR) is 270 cm³/mol. The van der Waals surface area contributed by atoms with E-state index in [1.165, 1.54) is 68.8 Å². The molecule has 0 bridgehead atoms. The number of carbonyl (C=O) groups is 6. The third-order valence-electron chi connectivity index (χ3n) is 9.97. The summed E-state index contributed by atoms with van der Waals surface area (Å²) in [6.07, 6.45) is 1.09. The molecule has 360 valence electrons. The Morgan fingerprint density at radius 3 is 1.43 bits per heavy atom. The first-order valence-corrected chi connectivity index (χ1v) is 23.1. The standard InChI is InChI=1S/C48H45Cl5N8O8/c1-25(51)37-24-30(54-47(66)43(26(2)62)60-58-39-10-6-8-35(41(39)52)45(64)55-31-18-28(14-16-49)20-33(22-31)68-4)12-13-38(37)57-48(67)44(27(3)63)61-59-40-11-7-9-36(42(40)53)46(65)56-32-19-29(15-17-50)21-34(23-32)69-5/h6-13,18-25,43-44H,14-17H2,1-5H3,(H,54,66)(H,55,64)(H,56,65)(H,57,67). The van der Waals surface area contributed by atoms with Gasteiger partial charge >= 0.3 is 0 Å². The third kappa shape index (κ3) is 14.5. The van der Waals surface area contributed by atoms with Gasteiger partial charge in [-0.15, -0.1) is 34.8 Å². The molecule has 3 unspecified atom stereocenters. The number of ketones is 2. The van der Waals surface area contributed by atoms with E-state index < -0.39 is 52.7 Å². The molecule has 0 fully saturated rings. The number of Topliss-reactive ketones (excluding diaryl/α,β-unsaturated/α-hetero) is 2. The van der Waals surface area contributed by atoms with Gasteiger partial charge in [0.2, 0.25) is 12.1 Å². The normalized spacial score (nSPS) is 12.5. The van der Waals surface area contributed by atoms with E-state index in [2.05, 4.69) is 41.7 Å². The van der Waals surface area contributed by atoms with Crippen molar-refractivity contribution in [1.82, 2.24) is 0 Å². The van der Waals surface area contributed by atoms with Gasteiger partial charge in [-0.2, -0.15) is 20.5 Å². The Morgan fingerprint density at radius 1 is 0.580 bits per heavy atom. The molecular formula is C48H45Cl5N8O8. The number of hydrogen-bond acceptors (Lipinski definition) is 12. The van der Waals surface area contributed by atoms with Gasteiger partial charge in [0.05, 0.1) is 40.8 Å². The van der Waals surface area contributed by atoms with Crippen LogP contribution in [0.15, 0.2) is 111 Å². The molecule has 69 heavy (non-hydrogen) atoms. The summed E-state index contributed by atoms with van der Waals surface area (Å²) in [5.41, 5.74) is 3.36. The number of rotatable bonds is 21. The number of halogens is 5. The first-order chi connectivity index (χ1) is 33.0. The maximum absolute atomic E-state index is 13.6. The average Bonchev–Trinajstić information content (AvgIpc) is 3.30. The highest BCUT2D eigenvalue weighted by atomic mass is 35.5. The minimum atomic E-state index is -1.65. The van der Waals surface area contributed by atoms with Gasteiger partial charge < -0.3 is 30.7 Å². The zero-order valence-corrected chi connectivity index (χ0v) is 41.4. The van der Waals surface area contributed by atoms with Gasteiger partial charge in [0.15, 0.2) is 11.6 Å². The molecule has 4 N–H and O–H groups in total. The van der Waals surface area contributed by atoms with E-state index in [0.29, 0.717) is 53.0 Å². The van der Waals surface area contributed by atoms with E-state index in [4.69, 9.17) is 67.5 Å². The average molecular weight is 1040 g/mol. The van der Waals surface area contributed by atoms with Crippen LogP contribution in [0.1, 0.15) is 63.6 Å². The van der Waals surface area contributed by atoms with Crippen LogP contribution in [0.2, 0.25) is 10.0 Å². The first kappa shape index (κ1) is 53.5. The second kappa shape index (κ2) is 25.3. The maximum atomic E-state index is 13.6. The van der Waals surface area contributed by atoms with Gasteiger partial charge in [0, 0.05) is 46.6 Å². The van der Waals surface area contributed by atoms with Crippen molar-refractivity contribution < 1.29 is 38.2 Å². The van der Waals surface area contributed by atoms with Gasteiger partial charge in [-0.05, 0) is 117 Å². The van der Waals surface area contributed by atoms with Crippen molar-refractivity contribution in [3.05, 3.63) is 129 Å².